The number of pyridine rings is 1. The van der Waals surface area contributed by atoms with Gasteiger partial charge in [-0.3, -0.25) is 9.88 Å². The van der Waals surface area contributed by atoms with Crippen LogP contribution in [0.4, 0.5) is 4.79 Å². The summed E-state index contributed by atoms with van der Waals surface area (Å²) in [4.78, 5) is 18.6. The Morgan fingerprint density at radius 1 is 1.43 bits per heavy atom. The zero-order valence-electron chi connectivity index (χ0n) is 12.4. The van der Waals surface area contributed by atoms with Crippen LogP contribution in [-0.2, 0) is 4.74 Å². The maximum absolute atomic E-state index is 12.5. The van der Waals surface area contributed by atoms with Crippen molar-refractivity contribution >= 4 is 22.0 Å². The first-order valence-electron chi connectivity index (χ1n) is 7.14. The van der Waals surface area contributed by atoms with Crippen molar-refractivity contribution in [2.75, 3.05) is 6.61 Å². The average Bonchev–Trinajstić information content (AvgIpc) is 2.69. The van der Waals surface area contributed by atoms with E-state index in [4.69, 9.17) is 9.47 Å². The fourth-order valence-corrected chi connectivity index (χ4v) is 3.41. The fourth-order valence-electron chi connectivity index (χ4n) is 2.95. The predicted molar refractivity (Wildman–Crippen MR) is 81.3 cm³/mol. The molecule has 0 aliphatic carbocycles. The molecular weight excluding hydrogens is 336 g/mol. The molecule has 2 aliphatic heterocycles. The number of rotatable bonds is 0. The lowest BCUT2D eigenvalue weighted by Gasteiger charge is -2.30. The summed E-state index contributed by atoms with van der Waals surface area (Å²) in [5.41, 5.74) is 0.456. The van der Waals surface area contributed by atoms with Gasteiger partial charge in [0.2, 0.25) is 0 Å². The SMILES string of the molecule is CC(C)(C)OC(=O)N1[C@@H]2CC[C@H]1c1cncc(Br)c1OC2. The third-order valence-electron chi connectivity index (χ3n) is 3.77. The second-order valence-electron chi connectivity index (χ2n) is 6.49. The zero-order valence-corrected chi connectivity index (χ0v) is 14.0. The Hall–Kier alpha value is -1.30. The van der Waals surface area contributed by atoms with Crippen LogP contribution in [0.15, 0.2) is 16.9 Å². The smallest absolute Gasteiger partial charge is 0.411 e. The maximum Gasteiger partial charge on any atom is 0.411 e. The van der Waals surface area contributed by atoms with Crippen LogP contribution < -0.4 is 4.74 Å². The lowest BCUT2D eigenvalue weighted by atomic mass is 10.1. The lowest BCUT2D eigenvalue weighted by Crippen LogP contribution is -2.42. The molecule has 1 saturated heterocycles. The molecule has 2 aliphatic rings. The molecule has 3 heterocycles. The third-order valence-corrected chi connectivity index (χ3v) is 4.33. The van der Waals surface area contributed by atoms with Crippen LogP contribution in [0, 0.1) is 0 Å². The van der Waals surface area contributed by atoms with E-state index in [0.717, 1.165) is 28.6 Å². The minimum atomic E-state index is -0.498. The molecule has 0 N–H and O–H groups in total. The summed E-state index contributed by atoms with van der Waals surface area (Å²) < 4.78 is 12.3. The lowest BCUT2D eigenvalue weighted by molar-refractivity contribution is 0.0125. The van der Waals surface area contributed by atoms with Crippen molar-refractivity contribution in [3.8, 4) is 5.75 Å². The Morgan fingerprint density at radius 3 is 2.90 bits per heavy atom. The van der Waals surface area contributed by atoms with Gasteiger partial charge in [-0.2, -0.15) is 0 Å². The van der Waals surface area contributed by atoms with E-state index in [-0.39, 0.29) is 18.2 Å². The van der Waals surface area contributed by atoms with E-state index in [1.807, 2.05) is 25.7 Å². The van der Waals surface area contributed by atoms with Gasteiger partial charge in [0.25, 0.3) is 0 Å². The largest absolute Gasteiger partial charge is 0.490 e. The molecule has 114 valence electrons. The molecular formula is C15H19BrN2O3. The molecule has 2 atom stereocenters. The van der Waals surface area contributed by atoms with Gasteiger partial charge in [0.1, 0.15) is 18.0 Å². The normalized spacial score (nSPS) is 24.1. The van der Waals surface area contributed by atoms with Crippen molar-refractivity contribution in [1.29, 1.82) is 0 Å². The molecule has 0 spiro atoms. The van der Waals surface area contributed by atoms with Crippen LogP contribution in [0.1, 0.15) is 45.2 Å². The number of halogens is 1. The van der Waals surface area contributed by atoms with Crippen LogP contribution in [0.3, 0.4) is 0 Å². The molecule has 1 aromatic heterocycles. The quantitative estimate of drug-likeness (QED) is 0.713. The van der Waals surface area contributed by atoms with Gasteiger partial charge >= 0.3 is 6.09 Å². The van der Waals surface area contributed by atoms with Gasteiger partial charge in [-0.25, -0.2) is 4.79 Å². The average molecular weight is 355 g/mol. The Balaban J connectivity index is 1.95. The summed E-state index contributed by atoms with van der Waals surface area (Å²) in [5, 5.41) is 0. The van der Waals surface area contributed by atoms with Crippen molar-refractivity contribution in [2.45, 2.75) is 51.3 Å². The highest BCUT2D eigenvalue weighted by Crippen LogP contribution is 2.45. The van der Waals surface area contributed by atoms with Crippen LogP contribution in [0.25, 0.3) is 0 Å². The van der Waals surface area contributed by atoms with E-state index in [9.17, 15) is 4.79 Å². The Bertz CT molecular complexity index is 571. The fraction of sp³-hybridized carbons (Fsp3) is 0.600. The summed E-state index contributed by atoms with van der Waals surface area (Å²) in [6, 6.07) is 0.0384. The molecule has 0 unspecified atom stereocenters. The van der Waals surface area contributed by atoms with E-state index < -0.39 is 5.60 Å². The number of ether oxygens (including phenoxy) is 2. The van der Waals surface area contributed by atoms with Gasteiger partial charge < -0.3 is 9.47 Å². The summed E-state index contributed by atoms with van der Waals surface area (Å²) in [7, 11) is 0. The predicted octanol–water partition coefficient (Wildman–Crippen LogP) is 3.68. The van der Waals surface area contributed by atoms with Gasteiger partial charge in [0, 0.05) is 18.0 Å². The molecule has 3 rings (SSSR count). The summed E-state index contributed by atoms with van der Waals surface area (Å²) in [6.07, 6.45) is 5.08. The number of aromatic nitrogens is 1. The van der Waals surface area contributed by atoms with E-state index in [1.54, 1.807) is 12.4 Å². The summed E-state index contributed by atoms with van der Waals surface area (Å²) in [5.74, 6) is 0.797. The van der Waals surface area contributed by atoms with Crippen molar-refractivity contribution in [3.05, 3.63) is 22.4 Å². The molecule has 0 aromatic carbocycles. The first-order chi connectivity index (χ1) is 9.87. The molecule has 5 nitrogen and oxygen atoms in total. The highest BCUT2D eigenvalue weighted by atomic mass is 79.9. The molecule has 2 bridgehead atoms. The van der Waals surface area contributed by atoms with Crippen LogP contribution in [0.5, 0.6) is 5.75 Å². The number of carbonyl (C=O) groups excluding carboxylic acids is 1. The van der Waals surface area contributed by atoms with Gasteiger partial charge in [-0.1, -0.05) is 0 Å². The maximum atomic E-state index is 12.5. The third kappa shape index (κ3) is 2.73. The van der Waals surface area contributed by atoms with E-state index in [0.29, 0.717) is 6.61 Å². The number of hydrogen-bond acceptors (Lipinski definition) is 4. The summed E-state index contributed by atoms with van der Waals surface area (Å²) in [6.45, 7) is 6.14. The molecule has 1 fully saturated rings. The van der Waals surface area contributed by atoms with Crippen LogP contribution in [0.2, 0.25) is 0 Å². The number of hydrogen-bond donors (Lipinski definition) is 0. The summed E-state index contributed by atoms with van der Waals surface area (Å²) >= 11 is 3.47. The first kappa shape index (κ1) is 14.6. The van der Waals surface area contributed by atoms with Crippen molar-refractivity contribution in [3.63, 3.8) is 0 Å². The number of amides is 1. The monoisotopic (exact) mass is 354 g/mol. The van der Waals surface area contributed by atoms with E-state index >= 15 is 0 Å². The number of carbonyl (C=O) groups is 1. The molecule has 1 aromatic rings. The van der Waals surface area contributed by atoms with Crippen LogP contribution >= 0.6 is 15.9 Å². The molecule has 1 amide bonds. The van der Waals surface area contributed by atoms with Crippen molar-refractivity contribution < 1.29 is 14.3 Å². The molecule has 0 radical (unpaired) electrons. The van der Waals surface area contributed by atoms with Gasteiger partial charge in [-0.15, -0.1) is 0 Å². The van der Waals surface area contributed by atoms with Crippen LogP contribution in [-0.4, -0.2) is 34.2 Å². The van der Waals surface area contributed by atoms with Gasteiger partial charge in [-0.05, 0) is 49.5 Å². The second kappa shape index (κ2) is 5.16. The standard InChI is InChI=1S/C15H19BrN2O3/c1-15(2,3)21-14(19)18-9-4-5-12(18)10-6-17-7-11(16)13(10)20-8-9/h6-7,9,12H,4-5,8H2,1-3H3/t9-,12+/m1/s1. The zero-order chi connectivity index (χ0) is 15.2. The number of nitrogens with zero attached hydrogens (tertiary/aromatic N) is 2. The minimum Gasteiger partial charge on any atom is -0.490 e. The van der Waals surface area contributed by atoms with E-state index in [1.165, 1.54) is 0 Å². The Labute approximate surface area is 132 Å². The van der Waals surface area contributed by atoms with Gasteiger partial charge in [0.15, 0.2) is 0 Å². The highest BCUT2D eigenvalue weighted by molar-refractivity contribution is 9.10. The van der Waals surface area contributed by atoms with E-state index in [2.05, 4.69) is 20.9 Å². The molecule has 6 heteroatoms. The highest BCUT2D eigenvalue weighted by Gasteiger charge is 2.43. The topological polar surface area (TPSA) is 51.7 Å². The Morgan fingerprint density at radius 2 is 2.19 bits per heavy atom. The van der Waals surface area contributed by atoms with Crippen molar-refractivity contribution in [2.24, 2.45) is 0 Å². The minimum absolute atomic E-state index is 0.0210. The molecule has 21 heavy (non-hydrogen) atoms. The second-order valence-corrected chi connectivity index (χ2v) is 7.34. The first-order valence-corrected chi connectivity index (χ1v) is 7.93. The molecule has 0 saturated carbocycles. The Kier molecular flexibility index (Phi) is 3.59. The van der Waals surface area contributed by atoms with Gasteiger partial charge in [0.05, 0.1) is 16.6 Å². The number of fused-ring (bicyclic) bond motifs is 4. The van der Waals surface area contributed by atoms with Crippen molar-refractivity contribution in [1.82, 2.24) is 9.88 Å².